The van der Waals surface area contributed by atoms with Gasteiger partial charge in [0.1, 0.15) is 5.65 Å². The van der Waals surface area contributed by atoms with E-state index in [1.165, 1.54) is 6.20 Å². The van der Waals surface area contributed by atoms with Gasteiger partial charge in [-0.3, -0.25) is 9.59 Å². The lowest BCUT2D eigenvalue weighted by Gasteiger charge is -2.31. The molecule has 0 unspecified atom stereocenters. The lowest BCUT2D eigenvalue weighted by Crippen LogP contribution is -2.40. The lowest BCUT2D eigenvalue weighted by molar-refractivity contribution is -0.150. The van der Waals surface area contributed by atoms with Crippen LogP contribution < -0.4 is 11.1 Å². The standard InChI is InChI=1S/C18H22N4O3/c1-2-25-18(24)13-9-3-4-10(7-9)14(13)22-15-11-5-6-20-17(11)21-8-12(15)16(19)23/h5-6,8-10,13-14H,2-4,7H2,1H3,(H2,19,23)(H2,20,21,22)/t9-,10+,13-,14+/m0/s1. The van der Waals surface area contributed by atoms with E-state index >= 15 is 0 Å². The highest BCUT2D eigenvalue weighted by molar-refractivity contribution is 6.06. The number of carbonyl (C=O) groups excluding carboxylic acids is 2. The number of nitrogens with zero attached hydrogens (tertiary/aromatic N) is 1. The Kier molecular flexibility index (Phi) is 3.86. The number of esters is 1. The first-order valence-corrected chi connectivity index (χ1v) is 8.79. The summed E-state index contributed by atoms with van der Waals surface area (Å²) in [5.41, 5.74) is 7.23. The van der Waals surface area contributed by atoms with Crippen molar-refractivity contribution in [3.8, 4) is 0 Å². The van der Waals surface area contributed by atoms with Crippen LogP contribution in [0.5, 0.6) is 0 Å². The van der Waals surface area contributed by atoms with Crippen molar-refractivity contribution in [2.45, 2.75) is 32.2 Å². The SMILES string of the molecule is CCOC(=O)[C@H]1[C@H]2CC[C@H](C2)[C@H]1Nc1c(C(N)=O)cnc2[nH]ccc12. The fraction of sp³-hybridized carbons (Fsp3) is 0.500. The summed E-state index contributed by atoms with van der Waals surface area (Å²) in [7, 11) is 0. The number of anilines is 1. The number of aromatic nitrogens is 2. The fourth-order valence-corrected chi connectivity index (χ4v) is 4.59. The molecule has 0 radical (unpaired) electrons. The Morgan fingerprint density at radius 3 is 2.96 bits per heavy atom. The Hall–Kier alpha value is -2.57. The van der Waals surface area contributed by atoms with E-state index in [2.05, 4.69) is 15.3 Å². The van der Waals surface area contributed by atoms with Crippen LogP contribution in [-0.4, -0.2) is 34.5 Å². The summed E-state index contributed by atoms with van der Waals surface area (Å²) in [4.78, 5) is 31.7. The van der Waals surface area contributed by atoms with Crippen LogP contribution >= 0.6 is 0 Å². The number of ether oxygens (including phenoxy) is 1. The molecule has 2 aromatic rings. The zero-order valence-corrected chi connectivity index (χ0v) is 14.1. The molecule has 2 bridgehead atoms. The van der Waals surface area contributed by atoms with Crippen molar-refractivity contribution in [1.29, 1.82) is 0 Å². The van der Waals surface area contributed by atoms with Gasteiger partial charge in [-0.15, -0.1) is 0 Å². The highest BCUT2D eigenvalue weighted by atomic mass is 16.5. The number of pyridine rings is 1. The van der Waals surface area contributed by atoms with Gasteiger partial charge in [-0.25, -0.2) is 4.98 Å². The maximum Gasteiger partial charge on any atom is 0.311 e. The average molecular weight is 342 g/mol. The molecule has 0 aliphatic heterocycles. The summed E-state index contributed by atoms with van der Waals surface area (Å²) >= 11 is 0. The van der Waals surface area contributed by atoms with Crippen LogP contribution in [0.1, 0.15) is 36.5 Å². The molecular formula is C18H22N4O3. The average Bonchev–Trinajstić information content (AvgIpc) is 3.30. The van der Waals surface area contributed by atoms with E-state index in [1.807, 2.05) is 13.0 Å². The quantitative estimate of drug-likeness (QED) is 0.720. The number of hydrogen-bond donors (Lipinski definition) is 3. The minimum absolute atomic E-state index is 0.0450. The fourth-order valence-electron chi connectivity index (χ4n) is 4.59. The van der Waals surface area contributed by atoms with Crippen LogP contribution in [0.4, 0.5) is 5.69 Å². The molecule has 2 heterocycles. The Bertz CT molecular complexity index is 831. The normalized spacial score (nSPS) is 27.6. The van der Waals surface area contributed by atoms with E-state index in [0.717, 1.165) is 24.6 Å². The molecule has 0 aromatic carbocycles. The number of aromatic amines is 1. The smallest absolute Gasteiger partial charge is 0.311 e. The zero-order valence-electron chi connectivity index (χ0n) is 14.1. The molecule has 2 aliphatic carbocycles. The number of nitrogens with two attached hydrogens (primary N) is 1. The van der Waals surface area contributed by atoms with E-state index in [9.17, 15) is 9.59 Å². The summed E-state index contributed by atoms with van der Waals surface area (Å²) < 4.78 is 5.31. The second-order valence-electron chi connectivity index (χ2n) is 6.93. The summed E-state index contributed by atoms with van der Waals surface area (Å²) in [6, 6.07) is 1.82. The van der Waals surface area contributed by atoms with Crippen LogP contribution in [0.25, 0.3) is 11.0 Å². The lowest BCUT2D eigenvalue weighted by atomic mass is 9.84. The first-order valence-electron chi connectivity index (χ1n) is 8.79. The van der Waals surface area contributed by atoms with Crippen LogP contribution in [0.2, 0.25) is 0 Å². The number of fused-ring (bicyclic) bond motifs is 3. The first-order chi connectivity index (χ1) is 12.1. The van der Waals surface area contributed by atoms with Crippen molar-refractivity contribution in [3.63, 3.8) is 0 Å². The third-order valence-corrected chi connectivity index (χ3v) is 5.64. The number of carbonyl (C=O) groups is 2. The summed E-state index contributed by atoms with van der Waals surface area (Å²) in [5.74, 6) is -0.105. The first kappa shape index (κ1) is 15.9. The molecule has 2 aromatic heterocycles. The molecule has 132 valence electrons. The number of rotatable bonds is 5. The van der Waals surface area contributed by atoms with Crippen LogP contribution in [0.15, 0.2) is 18.5 Å². The molecule has 1 amide bonds. The van der Waals surface area contributed by atoms with Crippen molar-refractivity contribution >= 4 is 28.6 Å². The Labute approximate surface area is 145 Å². The van der Waals surface area contributed by atoms with E-state index in [0.29, 0.717) is 35.3 Å². The minimum atomic E-state index is -0.533. The van der Waals surface area contributed by atoms with Crippen molar-refractivity contribution in [3.05, 3.63) is 24.0 Å². The highest BCUT2D eigenvalue weighted by Gasteiger charge is 2.51. The molecule has 2 fully saturated rings. The molecule has 0 spiro atoms. The number of H-pyrrole nitrogens is 1. The van der Waals surface area contributed by atoms with Crippen LogP contribution in [0.3, 0.4) is 0 Å². The number of nitrogens with one attached hydrogen (secondary N) is 2. The summed E-state index contributed by atoms with van der Waals surface area (Å²) in [5, 5.41) is 4.29. The Balaban J connectivity index is 1.72. The van der Waals surface area contributed by atoms with Gasteiger partial charge < -0.3 is 20.8 Å². The molecule has 2 aliphatic rings. The van der Waals surface area contributed by atoms with Gasteiger partial charge in [0.05, 0.1) is 23.8 Å². The number of amides is 1. The molecule has 4 rings (SSSR count). The van der Waals surface area contributed by atoms with Crippen molar-refractivity contribution < 1.29 is 14.3 Å². The van der Waals surface area contributed by atoms with E-state index in [4.69, 9.17) is 10.5 Å². The van der Waals surface area contributed by atoms with Crippen LogP contribution in [0, 0.1) is 17.8 Å². The second kappa shape index (κ2) is 6.06. The van der Waals surface area contributed by atoms with Gasteiger partial charge in [-0.1, -0.05) is 0 Å². The Morgan fingerprint density at radius 1 is 1.40 bits per heavy atom. The monoisotopic (exact) mass is 342 g/mol. The molecule has 4 N–H and O–H groups in total. The molecule has 0 saturated heterocycles. The van der Waals surface area contributed by atoms with Gasteiger partial charge in [0.25, 0.3) is 5.91 Å². The predicted octanol–water partition coefficient (Wildman–Crippen LogP) is 2.05. The van der Waals surface area contributed by atoms with Gasteiger partial charge >= 0.3 is 5.97 Å². The van der Waals surface area contributed by atoms with Gasteiger partial charge in [0, 0.05) is 23.8 Å². The predicted molar refractivity (Wildman–Crippen MR) is 93.0 cm³/mol. The van der Waals surface area contributed by atoms with E-state index < -0.39 is 5.91 Å². The van der Waals surface area contributed by atoms with Gasteiger partial charge in [-0.2, -0.15) is 0 Å². The van der Waals surface area contributed by atoms with E-state index in [1.54, 1.807) is 6.20 Å². The maximum atomic E-state index is 12.5. The second-order valence-corrected chi connectivity index (χ2v) is 6.93. The van der Waals surface area contributed by atoms with Crippen LogP contribution in [-0.2, 0) is 9.53 Å². The summed E-state index contributed by atoms with van der Waals surface area (Å²) in [6.45, 7) is 2.20. The van der Waals surface area contributed by atoms with E-state index in [-0.39, 0.29) is 17.9 Å². The third-order valence-electron chi connectivity index (χ3n) is 5.64. The van der Waals surface area contributed by atoms with Crippen molar-refractivity contribution in [1.82, 2.24) is 9.97 Å². The minimum Gasteiger partial charge on any atom is -0.466 e. The highest BCUT2D eigenvalue weighted by Crippen LogP contribution is 2.50. The number of hydrogen-bond acceptors (Lipinski definition) is 5. The Morgan fingerprint density at radius 2 is 2.20 bits per heavy atom. The molecular weight excluding hydrogens is 320 g/mol. The molecule has 2 saturated carbocycles. The maximum absolute atomic E-state index is 12.5. The van der Waals surface area contributed by atoms with Crippen molar-refractivity contribution in [2.24, 2.45) is 23.5 Å². The summed E-state index contributed by atoms with van der Waals surface area (Å²) in [6.07, 6.45) is 6.43. The molecule has 25 heavy (non-hydrogen) atoms. The zero-order chi connectivity index (χ0) is 17.6. The molecule has 7 nitrogen and oxygen atoms in total. The molecule has 4 atom stereocenters. The largest absolute Gasteiger partial charge is 0.466 e. The molecule has 7 heteroatoms. The topological polar surface area (TPSA) is 110 Å². The number of primary amides is 1. The van der Waals surface area contributed by atoms with Gasteiger partial charge in [-0.05, 0) is 44.1 Å². The van der Waals surface area contributed by atoms with Gasteiger partial charge in [0.15, 0.2) is 0 Å². The third kappa shape index (κ3) is 2.54. The van der Waals surface area contributed by atoms with Crippen molar-refractivity contribution in [2.75, 3.05) is 11.9 Å². The van der Waals surface area contributed by atoms with Gasteiger partial charge in [0.2, 0.25) is 0 Å².